The molecule has 1 fully saturated rings. The molecule has 3 aromatic rings. The second-order valence-corrected chi connectivity index (χ2v) is 8.66. The zero-order valence-electron chi connectivity index (χ0n) is 18.3. The molecule has 1 aliphatic rings. The molecule has 0 atom stereocenters. The van der Waals surface area contributed by atoms with Gasteiger partial charge in [-0.15, -0.1) is 0 Å². The lowest BCUT2D eigenvalue weighted by Crippen LogP contribution is -2.38. The third-order valence-electron chi connectivity index (χ3n) is 6.56. The van der Waals surface area contributed by atoms with Gasteiger partial charge in [0.05, 0.1) is 11.0 Å². The summed E-state index contributed by atoms with van der Waals surface area (Å²) >= 11 is 0. The molecule has 4 heteroatoms. The van der Waals surface area contributed by atoms with E-state index in [0.717, 1.165) is 62.8 Å². The smallest absolute Gasteiger partial charge is 0.303 e. The van der Waals surface area contributed by atoms with Gasteiger partial charge < -0.3 is 4.90 Å². The molecule has 2 aromatic carbocycles. The minimum atomic E-state index is 0.183. The molecular formula is C26H35N3O. The highest BCUT2D eigenvalue weighted by Crippen LogP contribution is 2.26. The highest BCUT2D eigenvalue weighted by Gasteiger charge is 2.24. The Morgan fingerprint density at radius 3 is 2.27 bits per heavy atom. The molecule has 0 bridgehead atoms. The number of imidazole rings is 1. The van der Waals surface area contributed by atoms with Crippen molar-refractivity contribution >= 4 is 11.0 Å². The van der Waals surface area contributed by atoms with Crippen LogP contribution in [-0.2, 0) is 13.0 Å². The van der Waals surface area contributed by atoms with Gasteiger partial charge in [-0.25, -0.2) is 4.79 Å². The van der Waals surface area contributed by atoms with Crippen molar-refractivity contribution in [2.24, 2.45) is 0 Å². The molecule has 0 unspecified atom stereocenters. The lowest BCUT2D eigenvalue weighted by Gasteiger charge is -2.32. The SMILES string of the molecule is CCCCN1CCC(n2c(=O)n(CCCCc3ccccc3)c3ccccc32)CC1. The fourth-order valence-electron chi connectivity index (χ4n) is 4.83. The number of para-hydroxylation sites is 2. The van der Waals surface area contributed by atoms with E-state index in [-0.39, 0.29) is 5.69 Å². The molecule has 160 valence electrons. The molecule has 0 saturated carbocycles. The van der Waals surface area contributed by atoms with E-state index in [1.54, 1.807) is 0 Å². The van der Waals surface area contributed by atoms with Gasteiger partial charge in [0, 0.05) is 25.7 Å². The van der Waals surface area contributed by atoms with E-state index in [1.165, 1.54) is 24.9 Å². The van der Waals surface area contributed by atoms with Gasteiger partial charge >= 0.3 is 5.69 Å². The maximum atomic E-state index is 13.4. The van der Waals surface area contributed by atoms with E-state index in [2.05, 4.69) is 71.0 Å². The molecule has 2 heterocycles. The number of unbranched alkanes of at least 4 members (excludes halogenated alkanes) is 2. The first-order valence-electron chi connectivity index (χ1n) is 11.7. The van der Waals surface area contributed by atoms with E-state index in [9.17, 15) is 4.79 Å². The zero-order valence-corrected chi connectivity index (χ0v) is 18.3. The predicted octanol–water partition coefficient (Wildman–Crippen LogP) is 5.26. The molecule has 0 spiro atoms. The van der Waals surface area contributed by atoms with Crippen molar-refractivity contribution in [1.29, 1.82) is 0 Å². The fraction of sp³-hybridized carbons (Fsp3) is 0.500. The Kier molecular flexibility index (Phi) is 7.06. The number of aryl methyl sites for hydroxylation is 2. The summed E-state index contributed by atoms with van der Waals surface area (Å²) in [6, 6.07) is 19.3. The van der Waals surface area contributed by atoms with Gasteiger partial charge in [-0.3, -0.25) is 9.13 Å². The van der Waals surface area contributed by atoms with Crippen LogP contribution in [-0.4, -0.2) is 33.7 Å². The number of fused-ring (bicyclic) bond motifs is 1. The first kappa shape index (κ1) is 20.9. The van der Waals surface area contributed by atoms with E-state index >= 15 is 0 Å². The molecule has 4 nitrogen and oxygen atoms in total. The van der Waals surface area contributed by atoms with Crippen LogP contribution in [0, 0.1) is 0 Å². The van der Waals surface area contributed by atoms with Gasteiger partial charge in [0.1, 0.15) is 0 Å². The molecule has 1 aromatic heterocycles. The van der Waals surface area contributed by atoms with Crippen molar-refractivity contribution in [2.75, 3.05) is 19.6 Å². The molecule has 30 heavy (non-hydrogen) atoms. The molecule has 0 N–H and O–H groups in total. The fourth-order valence-corrected chi connectivity index (χ4v) is 4.83. The Labute approximate surface area is 180 Å². The first-order valence-corrected chi connectivity index (χ1v) is 11.7. The Morgan fingerprint density at radius 2 is 1.53 bits per heavy atom. The van der Waals surface area contributed by atoms with Crippen LogP contribution in [0.25, 0.3) is 11.0 Å². The standard InChI is InChI=1S/C26H35N3O/c1-2-3-18-27-20-16-23(17-21-27)29-25-15-8-7-14-24(25)28(26(29)30)19-10-9-13-22-11-5-4-6-12-22/h4-8,11-12,14-15,23H,2-3,9-10,13,16-21H2,1H3. The number of rotatable bonds is 9. The lowest BCUT2D eigenvalue weighted by atomic mass is 10.0. The van der Waals surface area contributed by atoms with Crippen LogP contribution in [0.4, 0.5) is 0 Å². The Bertz CT molecular complexity index is 980. The van der Waals surface area contributed by atoms with Crippen molar-refractivity contribution in [3.05, 3.63) is 70.6 Å². The van der Waals surface area contributed by atoms with Crippen molar-refractivity contribution in [3.63, 3.8) is 0 Å². The third kappa shape index (κ3) is 4.70. The molecule has 4 rings (SSSR count). The van der Waals surface area contributed by atoms with Crippen molar-refractivity contribution in [1.82, 2.24) is 14.0 Å². The third-order valence-corrected chi connectivity index (χ3v) is 6.56. The van der Waals surface area contributed by atoms with E-state index in [1.807, 2.05) is 4.57 Å². The lowest BCUT2D eigenvalue weighted by molar-refractivity contribution is 0.184. The number of benzene rings is 2. The summed E-state index contributed by atoms with van der Waals surface area (Å²) in [5.74, 6) is 0. The van der Waals surface area contributed by atoms with E-state index in [0.29, 0.717) is 6.04 Å². The second kappa shape index (κ2) is 10.1. The minimum Gasteiger partial charge on any atom is -0.303 e. The minimum absolute atomic E-state index is 0.183. The van der Waals surface area contributed by atoms with Crippen LogP contribution in [0.2, 0.25) is 0 Å². The number of aromatic nitrogens is 2. The van der Waals surface area contributed by atoms with Crippen LogP contribution in [0.5, 0.6) is 0 Å². The predicted molar refractivity (Wildman–Crippen MR) is 125 cm³/mol. The van der Waals surface area contributed by atoms with Crippen molar-refractivity contribution < 1.29 is 0 Å². The Hall–Kier alpha value is -2.33. The quantitative estimate of drug-likeness (QED) is 0.454. The normalized spacial score (nSPS) is 15.8. The highest BCUT2D eigenvalue weighted by atomic mass is 16.1. The zero-order chi connectivity index (χ0) is 20.8. The average molecular weight is 406 g/mol. The molecule has 1 saturated heterocycles. The topological polar surface area (TPSA) is 30.2 Å². The summed E-state index contributed by atoms with van der Waals surface area (Å²) in [6.07, 6.45) is 7.87. The molecular weight excluding hydrogens is 370 g/mol. The van der Waals surface area contributed by atoms with Crippen LogP contribution in [0.1, 0.15) is 57.1 Å². The molecule has 0 aliphatic carbocycles. The Morgan fingerprint density at radius 1 is 0.833 bits per heavy atom. The van der Waals surface area contributed by atoms with Crippen LogP contribution in [0.3, 0.4) is 0 Å². The highest BCUT2D eigenvalue weighted by molar-refractivity contribution is 5.76. The summed E-state index contributed by atoms with van der Waals surface area (Å²) in [6.45, 7) is 6.46. The number of hydrogen-bond acceptors (Lipinski definition) is 2. The second-order valence-electron chi connectivity index (χ2n) is 8.66. The maximum Gasteiger partial charge on any atom is 0.329 e. The van der Waals surface area contributed by atoms with Gasteiger partial charge in [-0.1, -0.05) is 55.8 Å². The molecule has 1 aliphatic heterocycles. The van der Waals surface area contributed by atoms with E-state index < -0.39 is 0 Å². The van der Waals surface area contributed by atoms with Gasteiger partial charge in [0.15, 0.2) is 0 Å². The summed E-state index contributed by atoms with van der Waals surface area (Å²) < 4.78 is 4.12. The monoisotopic (exact) mass is 405 g/mol. The maximum absolute atomic E-state index is 13.4. The number of nitrogens with zero attached hydrogens (tertiary/aromatic N) is 3. The van der Waals surface area contributed by atoms with Crippen LogP contribution >= 0.6 is 0 Å². The number of likely N-dealkylation sites (tertiary alicyclic amines) is 1. The largest absolute Gasteiger partial charge is 0.329 e. The van der Waals surface area contributed by atoms with Gasteiger partial charge in [-0.05, 0) is 62.8 Å². The summed E-state index contributed by atoms with van der Waals surface area (Å²) in [7, 11) is 0. The van der Waals surface area contributed by atoms with Gasteiger partial charge in [0.2, 0.25) is 0 Å². The molecule has 0 amide bonds. The van der Waals surface area contributed by atoms with Crippen molar-refractivity contribution in [2.45, 2.75) is 64.5 Å². The molecule has 0 radical (unpaired) electrons. The average Bonchev–Trinajstić information content (AvgIpc) is 3.07. The van der Waals surface area contributed by atoms with E-state index in [4.69, 9.17) is 0 Å². The Balaban J connectivity index is 1.46. The van der Waals surface area contributed by atoms with Gasteiger partial charge in [0.25, 0.3) is 0 Å². The van der Waals surface area contributed by atoms with Gasteiger partial charge in [-0.2, -0.15) is 0 Å². The summed E-state index contributed by atoms with van der Waals surface area (Å²) in [5.41, 5.74) is 3.76. The number of hydrogen-bond donors (Lipinski definition) is 0. The summed E-state index contributed by atoms with van der Waals surface area (Å²) in [5, 5.41) is 0. The summed E-state index contributed by atoms with van der Waals surface area (Å²) in [4.78, 5) is 16.0. The van der Waals surface area contributed by atoms with Crippen molar-refractivity contribution in [3.8, 4) is 0 Å². The number of piperidine rings is 1. The van der Waals surface area contributed by atoms with Crippen LogP contribution < -0.4 is 5.69 Å². The van der Waals surface area contributed by atoms with Crippen LogP contribution in [0.15, 0.2) is 59.4 Å². The first-order chi connectivity index (χ1) is 14.8.